The molecular formula is C17H25NO4. The van der Waals surface area contributed by atoms with Gasteiger partial charge in [-0.2, -0.15) is 0 Å². The second-order valence-electron chi connectivity index (χ2n) is 5.96. The van der Waals surface area contributed by atoms with Gasteiger partial charge in [0.05, 0.1) is 25.4 Å². The van der Waals surface area contributed by atoms with Crippen LogP contribution in [0.2, 0.25) is 0 Å². The van der Waals surface area contributed by atoms with Gasteiger partial charge in [-0.25, -0.2) is 0 Å². The number of rotatable bonds is 5. The second kappa shape index (κ2) is 7.61. The van der Waals surface area contributed by atoms with Crippen LogP contribution in [0.25, 0.3) is 0 Å². The molecule has 2 N–H and O–H groups in total. The van der Waals surface area contributed by atoms with E-state index in [0.717, 1.165) is 24.2 Å². The Morgan fingerprint density at radius 3 is 2.45 bits per heavy atom. The molecule has 122 valence electrons. The lowest BCUT2D eigenvalue weighted by atomic mass is 9.92. The Morgan fingerprint density at radius 2 is 1.91 bits per heavy atom. The topological polar surface area (TPSA) is 67.8 Å². The Bertz CT molecular complexity index is 478. The summed E-state index contributed by atoms with van der Waals surface area (Å²) in [6.45, 7) is 4.19. The molecule has 1 amide bonds. The van der Waals surface area contributed by atoms with Crippen molar-refractivity contribution in [2.75, 3.05) is 13.7 Å². The molecule has 1 fully saturated rings. The molecule has 0 bridgehead atoms. The third-order valence-electron chi connectivity index (χ3n) is 4.04. The van der Waals surface area contributed by atoms with E-state index < -0.39 is 6.10 Å². The summed E-state index contributed by atoms with van der Waals surface area (Å²) in [5.74, 6) is 0.696. The van der Waals surface area contributed by atoms with Gasteiger partial charge in [0.15, 0.2) is 0 Å². The number of carbonyl (C=O) groups excluding carboxylic acids is 1. The Hall–Kier alpha value is -1.59. The van der Waals surface area contributed by atoms with Crippen LogP contribution in [-0.2, 0) is 9.53 Å². The van der Waals surface area contributed by atoms with Gasteiger partial charge in [0.1, 0.15) is 5.75 Å². The molecule has 0 spiro atoms. The Morgan fingerprint density at radius 1 is 1.32 bits per heavy atom. The number of amides is 1. The summed E-state index contributed by atoms with van der Waals surface area (Å²) >= 11 is 0. The van der Waals surface area contributed by atoms with E-state index in [1.54, 1.807) is 31.4 Å². The predicted octanol–water partition coefficient (Wildman–Crippen LogP) is 2.05. The Balaban J connectivity index is 1.84. The zero-order chi connectivity index (χ0) is 16.1. The molecule has 1 aliphatic rings. The summed E-state index contributed by atoms with van der Waals surface area (Å²) in [6.07, 6.45) is 0.949. The van der Waals surface area contributed by atoms with Gasteiger partial charge in [0, 0.05) is 12.5 Å². The average Bonchev–Trinajstić information content (AvgIpc) is 2.51. The molecule has 1 heterocycles. The van der Waals surface area contributed by atoms with Crippen molar-refractivity contribution in [3.63, 3.8) is 0 Å². The first-order chi connectivity index (χ1) is 10.5. The third-order valence-corrected chi connectivity index (χ3v) is 4.04. The number of carbonyl (C=O) groups is 1. The summed E-state index contributed by atoms with van der Waals surface area (Å²) in [5, 5.41) is 13.0. The lowest BCUT2D eigenvalue weighted by molar-refractivity contribution is -0.133. The zero-order valence-corrected chi connectivity index (χ0v) is 13.4. The summed E-state index contributed by atoms with van der Waals surface area (Å²) in [4.78, 5) is 12.2. The molecule has 0 radical (unpaired) electrons. The zero-order valence-electron chi connectivity index (χ0n) is 13.4. The second-order valence-corrected chi connectivity index (χ2v) is 5.96. The number of ether oxygens (including phenoxy) is 2. The first-order valence-corrected chi connectivity index (χ1v) is 7.74. The maximum Gasteiger partial charge on any atom is 0.223 e. The quantitative estimate of drug-likeness (QED) is 0.873. The van der Waals surface area contributed by atoms with Crippen LogP contribution in [-0.4, -0.2) is 36.9 Å². The average molecular weight is 307 g/mol. The molecule has 5 heteroatoms. The molecule has 4 atom stereocenters. The monoisotopic (exact) mass is 307 g/mol. The Labute approximate surface area is 131 Å². The molecule has 1 aromatic rings. The largest absolute Gasteiger partial charge is 0.497 e. The van der Waals surface area contributed by atoms with Gasteiger partial charge in [-0.3, -0.25) is 4.79 Å². The number of hydrogen-bond donors (Lipinski definition) is 2. The van der Waals surface area contributed by atoms with Crippen LogP contribution < -0.4 is 10.1 Å². The molecule has 2 rings (SSSR count). The first kappa shape index (κ1) is 16.8. The molecule has 1 unspecified atom stereocenters. The SMILES string of the molecule is COc1ccc([C@H](O)CNC(=O)C2C[C@@H](C)O[C@@H](C)C2)cc1. The van der Waals surface area contributed by atoms with Crippen molar-refractivity contribution in [2.45, 2.75) is 45.0 Å². The van der Waals surface area contributed by atoms with E-state index in [2.05, 4.69) is 5.32 Å². The normalized spacial score (nSPS) is 26.3. The van der Waals surface area contributed by atoms with Crippen molar-refractivity contribution in [1.29, 1.82) is 0 Å². The smallest absolute Gasteiger partial charge is 0.223 e. The fourth-order valence-electron chi connectivity index (χ4n) is 2.90. The van der Waals surface area contributed by atoms with Crippen LogP contribution in [0.1, 0.15) is 38.4 Å². The van der Waals surface area contributed by atoms with E-state index in [1.807, 2.05) is 13.8 Å². The number of hydrogen-bond acceptors (Lipinski definition) is 4. The predicted molar refractivity (Wildman–Crippen MR) is 83.7 cm³/mol. The highest BCUT2D eigenvalue weighted by molar-refractivity contribution is 5.78. The van der Waals surface area contributed by atoms with Crippen molar-refractivity contribution in [3.8, 4) is 5.75 Å². The van der Waals surface area contributed by atoms with Gasteiger partial charge in [0.25, 0.3) is 0 Å². The standard InChI is InChI=1S/C17H25NO4/c1-11-8-14(9-12(2)22-11)17(20)18-10-16(19)13-4-6-15(21-3)7-5-13/h4-7,11-12,14,16,19H,8-10H2,1-3H3,(H,18,20)/t11-,12+,14?,16-/m1/s1. The summed E-state index contributed by atoms with van der Waals surface area (Å²) in [6, 6.07) is 7.19. The molecule has 22 heavy (non-hydrogen) atoms. The van der Waals surface area contributed by atoms with Crippen LogP contribution in [0, 0.1) is 5.92 Å². The van der Waals surface area contributed by atoms with Crippen LogP contribution >= 0.6 is 0 Å². The third kappa shape index (κ3) is 4.45. The number of benzene rings is 1. The van der Waals surface area contributed by atoms with E-state index >= 15 is 0 Å². The van der Waals surface area contributed by atoms with E-state index in [9.17, 15) is 9.90 Å². The minimum Gasteiger partial charge on any atom is -0.497 e. The highest BCUT2D eigenvalue weighted by Gasteiger charge is 2.29. The number of methoxy groups -OCH3 is 1. The summed E-state index contributed by atoms with van der Waals surface area (Å²) in [7, 11) is 1.60. The maximum atomic E-state index is 12.2. The first-order valence-electron chi connectivity index (χ1n) is 7.74. The molecule has 5 nitrogen and oxygen atoms in total. The number of aliphatic hydroxyl groups is 1. The van der Waals surface area contributed by atoms with E-state index in [0.29, 0.717) is 0 Å². The lowest BCUT2D eigenvalue weighted by Gasteiger charge is -2.31. The van der Waals surface area contributed by atoms with Gasteiger partial charge >= 0.3 is 0 Å². The molecule has 0 aromatic heterocycles. The highest BCUT2D eigenvalue weighted by Crippen LogP contribution is 2.25. The van der Waals surface area contributed by atoms with Crippen molar-refractivity contribution in [3.05, 3.63) is 29.8 Å². The number of nitrogens with one attached hydrogen (secondary N) is 1. The van der Waals surface area contributed by atoms with Crippen molar-refractivity contribution >= 4 is 5.91 Å². The minimum atomic E-state index is -0.718. The van der Waals surface area contributed by atoms with Crippen molar-refractivity contribution in [1.82, 2.24) is 5.32 Å². The van der Waals surface area contributed by atoms with Crippen LogP contribution in [0.5, 0.6) is 5.75 Å². The number of aliphatic hydroxyl groups excluding tert-OH is 1. The summed E-state index contributed by atoms with van der Waals surface area (Å²) in [5.41, 5.74) is 0.759. The minimum absolute atomic E-state index is 0.00504. The molecule has 1 saturated heterocycles. The molecule has 0 aliphatic carbocycles. The van der Waals surface area contributed by atoms with Gasteiger partial charge in [-0.1, -0.05) is 12.1 Å². The van der Waals surface area contributed by atoms with Gasteiger partial charge < -0.3 is 19.9 Å². The van der Waals surface area contributed by atoms with Crippen LogP contribution in [0.3, 0.4) is 0 Å². The summed E-state index contributed by atoms with van der Waals surface area (Å²) < 4.78 is 10.7. The highest BCUT2D eigenvalue weighted by atomic mass is 16.5. The van der Waals surface area contributed by atoms with Gasteiger partial charge in [0.2, 0.25) is 5.91 Å². The van der Waals surface area contributed by atoms with Crippen LogP contribution in [0.4, 0.5) is 0 Å². The molecule has 0 saturated carbocycles. The van der Waals surface area contributed by atoms with Crippen LogP contribution in [0.15, 0.2) is 24.3 Å². The lowest BCUT2D eigenvalue weighted by Crippen LogP contribution is -2.40. The van der Waals surface area contributed by atoms with E-state index in [1.165, 1.54) is 0 Å². The maximum absolute atomic E-state index is 12.2. The van der Waals surface area contributed by atoms with Crippen molar-refractivity contribution < 1.29 is 19.4 Å². The van der Waals surface area contributed by atoms with Gasteiger partial charge in [-0.05, 0) is 44.4 Å². The molecular weight excluding hydrogens is 282 g/mol. The van der Waals surface area contributed by atoms with Crippen molar-refractivity contribution in [2.24, 2.45) is 5.92 Å². The molecule has 1 aliphatic heterocycles. The van der Waals surface area contributed by atoms with E-state index in [-0.39, 0.29) is 30.6 Å². The Kier molecular flexibility index (Phi) is 5.80. The van der Waals surface area contributed by atoms with E-state index in [4.69, 9.17) is 9.47 Å². The fourth-order valence-corrected chi connectivity index (χ4v) is 2.90. The van der Waals surface area contributed by atoms with Gasteiger partial charge in [-0.15, -0.1) is 0 Å². The molecule has 1 aromatic carbocycles. The fraction of sp³-hybridized carbons (Fsp3) is 0.588.